The predicted molar refractivity (Wildman–Crippen MR) is 61.3 cm³/mol. The second-order valence-electron chi connectivity index (χ2n) is 3.79. The molecule has 2 rings (SSSR count). The van der Waals surface area contributed by atoms with Gasteiger partial charge in [0, 0.05) is 18.4 Å². The van der Waals surface area contributed by atoms with Crippen LogP contribution in [-0.4, -0.2) is 16.6 Å². The first kappa shape index (κ1) is 12.6. The number of imidazole rings is 1. The first-order chi connectivity index (χ1) is 8.52. The van der Waals surface area contributed by atoms with E-state index in [2.05, 4.69) is 10.3 Å². The third-order valence-corrected chi connectivity index (χ3v) is 2.40. The van der Waals surface area contributed by atoms with Crippen LogP contribution in [0.25, 0.3) is 5.69 Å². The molecule has 0 fully saturated rings. The van der Waals surface area contributed by atoms with Crippen LogP contribution in [-0.2, 0) is 12.7 Å². The summed E-state index contributed by atoms with van der Waals surface area (Å²) in [5.41, 5.74) is 0.799. The van der Waals surface area contributed by atoms with Gasteiger partial charge < -0.3 is 5.32 Å². The van der Waals surface area contributed by atoms with Crippen LogP contribution in [0.3, 0.4) is 0 Å². The van der Waals surface area contributed by atoms with Crippen molar-refractivity contribution in [3.63, 3.8) is 0 Å². The van der Waals surface area contributed by atoms with Crippen molar-refractivity contribution in [1.82, 2.24) is 14.9 Å². The molecule has 0 unspecified atom stereocenters. The molecule has 6 heteroatoms. The fraction of sp³-hybridized carbons (Fsp3) is 0.250. The zero-order valence-corrected chi connectivity index (χ0v) is 9.70. The lowest BCUT2D eigenvalue weighted by atomic mass is 10.3. The molecule has 0 atom stereocenters. The number of hydrogen-bond donors (Lipinski definition) is 1. The molecule has 1 heterocycles. The summed E-state index contributed by atoms with van der Waals surface area (Å²) in [5.74, 6) is -0.904. The van der Waals surface area contributed by atoms with Gasteiger partial charge in [0.2, 0.25) is 5.82 Å². The Balaban J connectivity index is 2.51. The monoisotopic (exact) mass is 255 g/mol. The Morgan fingerprint density at radius 1 is 1.22 bits per heavy atom. The largest absolute Gasteiger partial charge is 0.450 e. The van der Waals surface area contributed by atoms with Crippen LogP contribution in [0.15, 0.2) is 36.5 Å². The van der Waals surface area contributed by atoms with Crippen molar-refractivity contribution in [2.45, 2.75) is 12.7 Å². The van der Waals surface area contributed by atoms with E-state index < -0.39 is 12.0 Å². The lowest BCUT2D eigenvalue weighted by molar-refractivity contribution is -0.146. The zero-order valence-electron chi connectivity index (χ0n) is 9.70. The second-order valence-corrected chi connectivity index (χ2v) is 3.79. The van der Waals surface area contributed by atoms with Crippen molar-refractivity contribution in [3.05, 3.63) is 48.0 Å². The van der Waals surface area contributed by atoms with E-state index in [1.807, 2.05) is 0 Å². The molecule has 3 nitrogen and oxygen atoms in total. The average Bonchev–Trinajstić information content (AvgIpc) is 2.75. The number of aromatic nitrogens is 2. The number of alkyl halides is 3. The predicted octanol–water partition coefficient (Wildman–Crippen LogP) is 2.61. The smallest absolute Gasteiger partial charge is 0.314 e. The minimum Gasteiger partial charge on any atom is -0.314 e. The van der Waals surface area contributed by atoms with E-state index in [-0.39, 0.29) is 0 Å². The minimum atomic E-state index is -4.47. The van der Waals surface area contributed by atoms with Crippen molar-refractivity contribution >= 4 is 0 Å². The van der Waals surface area contributed by atoms with Crippen LogP contribution in [0.4, 0.5) is 13.2 Å². The summed E-state index contributed by atoms with van der Waals surface area (Å²) in [5, 5.41) is 2.78. The second kappa shape index (κ2) is 4.81. The van der Waals surface area contributed by atoms with Gasteiger partial charge in [0.25, 0.3) is 0 Å². The van der Waals surface area contributed by atoms with Crippen LogP contribution in [0.1, 0.15) is 11.5 Å². The van der Waals surface area contributed by atoms with Gasteiger partial charge in [0.05, 0.1) is 5.69 Å². The molecule has 18 heavy (non-hydrogen) atoms. The molecule has 0 aliphatic heterocycles. The van der Waals surface area contributed by atoms with Crippen LogP contribution in [0, 0.1) is 0 Å². The summed E-state index contributed by atoms with van der Waals surface area (Å²) in [6.07, 6.45) is -3.07. The van der Waals surface area contributed by atoms with Crippen LogP contribution >= 0.6 is 0 Å². The summed E-state index contributed by atoms with van der Waals surface area (Å²) < 4.78 is 39.7. The maximum Gasteiger partial charge on any atom is 0.450 e. The molecule has 96 valence electrons. The molecule has 0 saturated heterocycles. The Bertz CT molecular complexity index is 517. The number of para-hydroxylation sites is 1. The standard InChI is InChI=1S/C12H12F3N3/c1-16-7-9-8-18(10-5-3-2-4-6-10)11(17-9)12(13,14)15/h2-6,8,16H,7H2,1H3. The number of hydrogen-bond acceptors (Lipinski definition) is 2. The first-order valence-electron chi connectivity index (χ1n) is 5.38. The van der Waals surface area contributed by atoms with Crippen molar-refractivity contribution in [2.24, 2.45) is 0 Å². The Labute approximate surface area is 102 Å². The lowest BCUT2D eigenvalue weighted by Gasteiger charge is -2.09. The van der Waals surface area contributed by atoms with Crippen LogP contribution in [0.5, 0.6) is 0 Å². The molecule has 0 saturated carbocycles. The number of rotatable bonds is 3. The lowest BCUT2D eigenvalue weighted by Crippen LogP contribution is -2.13. The highest BCUT2D eigenvalue weighted by Crippen LogP contribution is 2.30. The molecular formula is C12H12F3N3. The first-order valence-corrected chi connectivity index (χ1v) is 5.38. The summed E-state index contributed by atoms with van der Waals surface area (Å²) in [6, 6.07) is 8.35. The summed E-state index contributed by atoms with van der Waals surface area (Å²) in [7, 11) is 1.66. The minimum absolute atomic E-state index is 0.295. The normalized spacial score (nSPS) is 11.8. The Kier molecular flexibility index (Phi) is 3.38. The maximum absolute atomic E-state index is 12.9. The molecule has 0 bridgehead atoms. The molecule has 0 aliphatic carbocycles. The zero-order chi connectivity index (χ0) is 13.2. The highest BCUT2D eigenvalue weighted by molar-refractivity contribution is 5.34. The third-order valence-electron chi connectivity index (χ3n) is 2.40. The molecule has 1 aromatic heterocycles. The molecule has 2 aromatic rings. The quantitative estimate of drug-likeness (QED) is 0.913. The molecule has 0 radical (unpaired) electrons. The van der Waals surface area contributed by atoms with Gasteiger partial charge >= 0.3 is 6.18 Å². The van der Waals surface area contributed by atoms with Gasteiger partial charge in [0.15, 0.2) is 0 Å². The van der Waals surface area contributed by atoms with Crippen molar-refractivity contribution < 1.29 is 13.2 Å². The number of halogens is 3. The topological polar surface area (TPSA) is 29.9 Å². The Morgan fingerprint density at radius 2 is 1.89 bits per heavy atom. The van der Waals surface area contributed by atoms with Gasteiger partial charge in [-0.25, -0.2) is 4.98 Å². The van der Waals surface area contributed by atoms with Gasteiger partial charge in [-0.1, -0.05) is 18.2 Å². The van der Waals surface area contributed by atoms with Crippen molar-refractivity contribution in [1.29, 1.82) is 0 Å². The van der Waals surface area contributed by atoms with Gasteiger partial charge in [-0.3, -0.25) is 4.57 Å². The van der Waals surface area contributed by atoms with E-state index in [1.54, 1.807) is 37.4 Å². The summed E-state index contributed by atoms with van der Waals surface area (Å²) in [4.78, 5) is 3.62. The Morgan fingerprint density at radius 3 is 2.44 bits per heavy atom. The fourth-order valence-electron chi connectivity index (χ4n) is 1.68. The summed E-state index contributed by atoms with van der Waals surface area (Å²) >= 11 is 0. The Hall–Kier alpha value is -1.82. The van der Waals surface area contributed by atoms with Crippen molar-refractivity contribution in [2.75, 3.05) is 7.05 Å². The fourth-order valence-corrected chi connectivity index (χ4v) is 1.68. The highest BCUT2D eigenvalue weighted by atomic mass is 19.4. The van der Waals surface area contributed by atoms with E-state index in [0.717, 1.165) is 4.57 Å². The molecule has 0 spiro atoms. The number of benzene rings is 1. The highest BCUT2D eigenvalue weighted by Gasteiger charge is 2.37. The van der Waals surface area contributed by atoms with E-state index in [0.29, 0.717) is 17.9 Å². The molecule has 1 aromatic carbocycles. The van der Waals surface area contributed by atoms with Gasteiger partial charge in [-0.2, -0.15) is 13.2 Å². The molecule has 0 aliphatic rings. The number of nitrogens with zero attached hydrogens (tertiary/aromatic N) is 2. The molecule has 0 amide bonds. The summed E-state index contributed by atoms with van der Waals surface area (Å²) in [6.45, 7) is 0.295. The maximum atomic E-state index is 12.9. The van der Waals surface area contributed by atoms with Gasteiger partial charge in [0.1, 0.15) is 0 Å². The van der Waals surface area contributed by atoms with E-state index in [4.69, 9.17) is 0 Å². The third kappa shape index (κ3) is 2.53. The number of nitrogens with one attached hydrogen (secondary N) is 1. The van der Waals surface area contributed by atoms with Gasteiger partial charge in [-0.05, 0) is 19.2 Å². The molecule has 1 N–H and O–H groups in total. The van der Waals surface area contributed by atoms with Crippen molar-refractivity contribution in [3.8, 4) is 5.69 Å². The average molecular weight is 255 g/mol. The van der Waals surface area contributed by atoms with E-state index >= 15 is 0 Å². The van der Waals surface area contributed by atoms with Crippen LogP contribution < -0.4 is 5.32 Å². The van der Waals surface area contributed by atoms with E-state index in [1.165, 1.54) is 6.20 Å². The SMILES string of the molecule is CNCc1cn(-c2ccccc2)c(C(F)(F)F)n1. The van der Waals surface area contributed by atoms with Crippen LogP contribution in [0.2, 0.25) is 0 Å². The van der Waals surface area contributed by atoms with Gasteiger partial charge in [-0.15, -0.1) is 0 Å². The van der Waals surface area contributed by atoms with E-state index in [9.17, 15) is 13.2 Å². The molecular weight excluding hydrogens is 243 g/mol.